The summed E-state index contributed by atoms with van der Waals surface area (Å²) in [5.41, 5.74) is 0.0955. The third-order valence-corrected chi connectivity index (χ3v) is 3.23. The van der Waals surface area contributed by atoms with Crippen molar-refractivity contribution in [2.24, 2.45) is 0 Å². The average Bonchev–Trinajstić information content (AvgIpc) is 2.56. The highest BCUT2D eigenvalue weighted by atomic mass is 35.5. The Labute approximate surface area is 138 Å². The minimum absolute atomic E-state index is 0.0506. The molecule has 0 fully saturated rings. The first kappa shape index (κ1) is 15.1. The molecule has 1 aliphatic rings. The fourth-order valence-electron chi connectivity index (χ4n) is 2.02. The van der Waals surface area contributed by atoms with Crippen LogP contribution in [0.3, 0.4) is 0 Å². The van der Waals surface area contributed by atoms with Crippen LogP contribution in [0.2, 0.25) is 5.28 Å². The molecule has 1 heterocycles. The second-order valence-electron chi connectivity index (χ2n) is 4.69. The van der Waals surface area contributed by atoms with Crippen molar-refractivity contribution in [3.63, 3.8) is 0 Å². The van der Waals surface area contributed by atoms with E-state index >= 15 is 0 Å². The Balaban J connectivity index is 1.95. The summed E-state index contributed by atoms with van der Waals surface area (Å²) in [5, 5.41) is 9.38. The molecule has 0 radical (unpaired) electrons. The highest BCUT2D eigenvalue weighted by Gasteiger charge is 2.18. The number of nitrogens with zero attached hydrogens (tertiary/aromatic N) is 3. The molecule has 1 aromatic carbocycles. The van der Waals surface area contributed by atoms with Gasteiger partial charge in [-0.15, -0.1) is 0 Å². The normalized spacial score (nSPS) is 13.1. The molecule has 0 saturated heterocycles. The summed E-state index contributed by atoms with van der Waals surface area (Å²) >= 11 is 5.93. The first-order valence-corrected chi connectivity index (χ1v) is 7.39. The molecule has 0 saturated carbocycles. The van der Waals surface area contributed by atoms with Gasteiger partial charge in [-0.3, -0.25) is 0 Å². The van der Waals surface area contributed by atoms with Crippen LogP contribution in [0.1, 0.15) is 18.4 Å². The fraction of sp³-hybridized carbons (Fsp3) is 0.118. The van der Waals surface area contributed by atoms with Crippen molar-refractivity contribution in [3.8, 4) is 23.6 Å². The molecule has 0 spiro atoms. The summed E-state index contributed by atoms with van der Waals surface area (Å²) in [6, 6.07) is 11.0. The van der Waals surface area contributed by atoms with E-state index in [2.05, 4.69) is 9.97 Å². The van der Waals surface area contributed by atoms with Gasteiger partial charge in [0.1, 0.15) is 17.6 Å². The molecule has 0 unspecified atom stereocenters. The zero-order chi connectivity index (χ0) is 16.1. The number of hydrogen-bond acceptors (Lipinski definition) is 5. The molecular formula is C17H12ClN3O2. The summed E-state index contributed by atoms with van der Waals surface area (Å²) in [5.74, 6) is 1.31. The lowest BCUT2D eigenvalue weighted by Gasteiger charge is -2.12. The number of halogens is 1. The molecule has 2 aromatic rings. The lowest BCUT2D eigenvalue weighted by Crippen LogP contribution is -2.03. The Hall–Kier alpha value is -2.84. The Bertz CT molecular complexity index is 811. The van der Waals surface area contributed by atoms with Gasteiger partial charge in [0.2, 0.25) is 17.0 Å². The molecule has 1 aromatic heterocycles. The van der Waals surface area contributed by atoms with Gasteiger partial charge in [-0.1, -0.05) is 24.3 Å². The van der Waals surface area contributed by atoms with Crippen LogP contribution in [0.4, 0.5) is 0 Å². The number of rotatable bonds is 4. The van der Waals surface area contributed by atoms with E-state index in [1.54, 1.807) is 12.1 Å². The third-order valence-electron chi connectivity index (χ3n) is 3.06. The molecule has 3 rings (SSSR count). The van der Waals surface area contributed by atoms with E-state index in [1.807, 2.05) is 42.5 Å². The number of hydrogen-bond donors (Lipinski definition) is 0. The summed E-state index contributed by atoms with van der Waals surface area (Å²) < 4.78 is 11.3. The van der Waals surface area contributed by atoms with Gasteiger partial charge in [-0.2, -0.15) is 15.2 Å². The van der Waals surface area contributed by atoms with Crippen LogP contribution in [0.5, 0.6) is 17.5 Å². The van der Waals surface area contributed by atoms with Gasteiger partial charge >= 0.3 is 0 Å². The Kier molecular flexibility index (Phi) is 4.55. The van der Waals surface area contributed by atoms with Crippen molar-refractivity contribution in [2.75, 3.05) is 0 Å². The predicted octanol–water partition coefficient (Wildman–Crippen LogP) is 4.41. The Morgan fingerprint density at radius 2 is 1.78 bits per heavy atom. The van der Waals surface area contributed by atoms with Crippen LogP contribution in [-0.2, 0) is 0 Å². The van der Waals surface area contributed by atoms with Crippen molar-refractivity contribution in [3.05, 3.63) is 65.2 Å². The number of nitriles is 1. The fourth-order valence-corrected chi connectivity index (χ4v) is 2.17. The molecule has 6 heteroatoms. The van der Waals surface area contributed by atoms with Crippen molar-refractivity contribution in [1.82, 2.24) is 9.97 Å². The van der Waals surface area contributed by atoms with E-state index in [0.717, 1.165) is 12.8 Å². The minimum atomic E-state index is -0.0506. The van der Waals surface area contributed by atoms with Crippen LogP contribution in [0.25, 0.3) is 0 Å². The maximum absolute atomic E-state index is 9.43. The summed E-state index contributed by atoms with van der Waals surface area (Å²) in [4.78, 5) is 7.98. The first-order valence-electron chi connectivity index (χ1n) is 7.01. The molecule has 1 aliphatic carbocycles. The van der Waals surface area contributed by atoms with E-state index in [1.165, 1.54) is 0 Å². The number of ether oxygens (including phenoxy) is 2. The summed E-state index contributed by atoms with van der Waals surface area (Å²) in [7, 11) is 0. The average molecular weight is 326 g/mol. The van der Waals surface area contributed by atoms with Crippen molar-refractivity contribution < 1.29 is 9.47 Å². The monoisotopic (exact) mass is 325 g/mol. The number of para-hydroxylation sites is 1. The highest BCUT2D eigenvalue weighted by Crippen LogP contribution is 2.31. The van der Waals surface area contributed by atoms with E-state index in [0.29, 0.717) is 11.5 Å². The van der Waals surface area contributed by atoms with E-state index < -0.39 is 0 Å². The first-order chi connectivity index (χ1) is 11.3. The highest BCUT2D eigenvalue weighted by molar-refractivity contribution is 6.28. The van der Waals surface area contributed by atoms with Crippen LogP contribution in [0.15, 0.2) is 54.3 Å². The molecule has 0 atom stereocenters. The number of allylic oxidation sites excluding steroid dienone is 3. The molecule has 0 N–H and O–H groups in total. The van der Waals surface area contributed by atoms with E-state index in [-0.39, 0.29) is 22.6 Å². The van der Waals surface area contributed by atoms with Gasteiger partial charge in [0.15, 0.2) is 5.56 Å². The van der Waals surface area contributed by atoms with Gasteiger partial charge < -0.3 is 9.47 Å². The summed E-state index contributed by atoms with van der Waals surface area (Å²) in [6.45, 7) is 0. The number of aromatic nitrogens is 2. The third kappa shape index (κ3) is 3.68. The van der Waals surface area contributed by atoms with Gasteiger partial charge in [0, 0.05) is 0 Å². The minimum Gasteiger partial charge on any atom is -0.438 e. The standard InChI is InChI=1S/C17H12ClN3O2/c18-17-20-15(22-12-7-3-1-4-8-12)14(11-19)16(21-17)23-13-9-5-2-6-10-13/h1,3-5,7-10H,2,6H2. The van der Waals surface area contributed by atoms with E-state index in [9.17, 15) is 5.26 Å². The van der Waals surface area contributed by atoms with Crippen molar-refractivity contribution in [1.29, 1.82) is 5.26 Å². The molecule has 0 aliphatic heterocycles. The van der Waals surface area contributed by atoms with Crippen molar-refractivity contribution >= 4 is 11.6 Å². The maximum Gasteiger partial charge on any atom is 0.245 e. The molecule has 5 nitrogen and oxygen atoms in total. The van der Waals surface area contributed by atoms with Crippen LogP contribution >= 0.6 is 11.6 Å². The summed E-state index contributed by atoms with van der Waals surface area (Å²) in [6.07, 6.45) is 7.59. The van der Waals surface area contributed by atoms with Crippen LogP contribution in [0, 0.1) is 11.3 Å². The number of benzene rings is 1. The van der Waals surface area contributed by atoms with Crippen LogP contribution < -0.4 is 9.47 Å². The van der Waals surface area contributed by atoms with Gasteiger partial charge in [-0.25, -0.2) is 0 Å². The molecule has 114 valence electrons. The quantitative estimate of drug-likeness (QED) is 0.779. The van der Waals surface area contributed by atoms with Gasteiger partial charge in [0.05, 0.1) is 0 Å². The molecule has 0 amide bonds. The molecular weight excluding hydrogens is 314 g/mol. The SMILES string of the molecule is N#Cc1c(OC2=CCCC=C2)nc(Cl)nc1Oc1ccccc1. The van der Waals surface area contributed by atoms with Crippen molar-refractivity contribution in [2.45, 2.75) is 12.8 Å². The van der Waals surface area contributed by atoms with Gasteiger partial charge in [0.25, 0.3) is 0 Å². The predicted molar refractivity (Wildman–Crippen MR) is 85.4 cm³/mol. The van der Waals surface area contributed by atoms with E-state index in [4.69, 9.17) is 21.1 Å². The van der Waals surface area contributed by atoms with Gasteiger partial charge in [-0.05, 0) is 48.7 Å². The lowest BCUT2D eigenvalue weighted by molar-refractivity contribution is 0.405. The Morgan fingerprint density at radius 1 is 1.04 bits per heavy atom. The molecule has 23 heavy (non-hydrogen) atoms. The Morgan fingerprint density at radius 3 is 2.43 bits per heavy atom. The molecule has 0 bridgehead atoms. The second-order valence-corrected chi connectivity index (χ2v) is 5.03. The topological polar surface area (TPSA) is 68.0 Å². The maximum atomic E-state index is 9.43. The largest absolute Gasteiger partial charge is 0.438 e. The van der Waals surface area contributed by atoms with Crippen LogP contribution in [-0.4, -0.2) is 9.97 Å². The second kappa shape index (κ2) is 6.95. The zero-order valence-electron chi connectivity index (χ0n) is 12.1. The lowest BCUT2D eigenvalue weighted by atomic mass is 10.2. The zero-order valence-corrected chi connectivity index (χ0v) is 12.8. The smallest absolute Gasteiger partial charge is 0.245 e.